The zero-order valence-electron chi connectivity index (χ0n) is 9.67. The van der Waals surface area contributed by atoms with Crippen molar-refractivity contribution in [3.8, 4) is 5.75 Å². The van der Waals surface area contributed by atoms with E-state index in [1.54, 1.807) is 12.3 Å². The van der Waals surface area contributed by atoms with Crippen LogP contribution in [-0.2, 0) is 0 Å². The first-order valence-electron chi connectivity index (χ1n) is 5.91. The van der Waals surface area contributed by atoms with E-state index in [1.807, 2.05) is 24.3 Å². The first-order valence-corrected chi connectivity index (χ1v) is 6.71. The van der Waals surface area contributed by atoms with E-state index in [0.29, 0.717) is 10.8 Å². The molecule has 18 heavy (non-hydrogen) atoms. The van der Waals surface area contributed by atoms with E-state index in [9.17, 15) is 5.11 Å². The molecule has 0 bridgehead atoms. The van der Waals surface area contributed by atoms with Crippen molar-refractivity contribution in [2.75, 3.05) is 0 Å². The third kappa shape index (κ3) is 2.44. The summed E-state index contributed by atoms with van der Waals surface area (Å²) in [5, 5.41) is 10.2. The minimum Gasteiger partial charge on any atom is -0.490 e. The van der Waals surface area contributed by atoms with Gasteiger partial charge in [0, 0.05) is 5.56 Å². The highest BCUT2D eigenvalue weighted by Gasteiger charge is 2.23. The molecule has 1 aromatic carbocycles. The van der Waals surface area contributed by atoms with Crippen LogP contribution in [0.1, 0.15) is 30.1 Å². The third-order valence-corrected chi connectivity index (χ3v) is 3.61. The molecular weight excluding hydrogens is 296 g/mol. The van der Waals surface area contributed by atoms with E-state index >= 15 is 0 Å². The van der Waals surface area contributed by atoms with Gasteiger partial charge in [-0.05, 0) is 52.5 Å². The molecule has 0 radical (unpaired) electrons. The third-order valence-electron chi connectivity index (χ3n) is 2.96. The van der Waals surface area contributed by atoms with Crippen LogP contribution in [0.4, 0.5) is 0 Å². The molecule has 0 amide bonds. The van der Waals surface area contributed by atoms with Crippen LogP contribution in [0.2, 0.25) is 0 Å². The highest BCUT2D eigenvalue weighted by Crippen LogP contribution is 2.31. The molecule has 1 N–H and O–H groups in total. The highest BCUT2D eigenvalue weighted by atomic mass is 79.9. The zero-order valence-corrected chi connectivity index (χ0v) is 11.3. The fourth-order valence-corrected chi connectivity index (χ4v) is 2.24. The van der Waals surface area contributed by atoms with Gasteiger partial charge in [-0.2, -0.15) is 0 Å². The first kappa shape index (κ1) is 11.8. The van der Waals surface area contributed by atoms with Crippen LogP contribution in [0, 0.1) is 0 Å². The molecule has 1 heterocycles. The van der Waals surface area contributed by atoms with Crippen LogP contribution < -0.4 is 4.74 Å². The lowest BCUT2D eigenvalue weighted by molar-refractivity contribution is 0.217. The molecule has 94 valence electrons. The van der Waals surface area contributed by atoms with E-state index < -0.39 is 6.10 Å². The Hall–Kier alpha value is -1.26. The van der Waals surface area contributed by atoms with E-state index in [4.69, 9.17) is 9.15 Å². The predicted octanol–water partition coefficient (Wildman–Crippen LogP) is 3.67. The van der Waals surface area contributed by atoms with Gasteiger partial charge in [0.2, 0.25) is 0 Å². The number of rotatable bonds is 4. The summed E-state index contributed by atoms with van der Waals surface area (Å²) < 4.78 is 11.4. The summed E-state index contributed by atoms with van der Waals surface area (Å²) in [6.07, 6.45) is 3.54. The average Bonchev–Trinajstić information content (AvgIpc) is 3.09. The lowest BCUT2D eigenvalue weighted by Crippen LogP contribution is -2.00. The van der Waals surface area contributed by atoms with Gasteiger partial charge in [0.1, 0.15) is 11.9 Å². The predicted molar refractivity (Wildman–Crippen MR) is 70.6 cm³/mol. The zero-order chi connectivity index (χ0) is 12.5. The second kappa shape index (κ2) is 4.78. The topological polar surface area (TPSA) is 42.6 Å². The Morgan fingerprint density at radius 3 is 2.50 bits per heavy atom. The molecule has 3 nitrogen and oxygen atoms in total. The molecule has 3 rings (SSSR count). The monoisotopic (exact) mass is 308 g/mol. The molecule has 1 saturated carbocycles. The number of aliphatic hydroxyl groups is 1. The van der Waals surface area contributed by atoms with Crippen LogP contribution in [0.3, 0.4) is 0 Å². The summed E-state index contributed by atoms with van der Waals surface area (Å²) in [5.41, 5.74) is 1.55. The Morgan fingerprint density at radius 1 is 1.22 bits per heavy atom. The number of hydrogen-bond donors (Lipinski definition) is 1. The SMILES string of the molecule is OC(c1ccc(OC2CC2)cc1)c1ccoc1Br. The Morgan fingerprint density at radius 2 is 1.94 bits per heavy atom. The lowest BCUT2D eigenvalue weighted by atomic mass is 10.0. The van der Waals surface area contributed by atoms with Crippen molar-refractivity contribution in [2.45, 2.75) is 25.0 Å². The van der Waals surface area contributed by atoms with Crippen molar-refractivity contribution >= 4 is 15.9 Å². The smallest absolute Gasteiger partial charge is 0.175 e. The van der Waals surface area contributed by atoms with Crippen LogP contribution in [0.25, 0.3) is 0 Å². The molecule has 2 aromatic rings. The maximum Gasteiger partial charge on any atom is 0.175 e. The van der Waals surface area contributed by atoms with Crippen molar-refractivity contribution in [3.05, 3.63) is 52.4 Å². The quantitative estimate of drug-likeness (QED) is 0.937. The number of aliphatic hydroxyl groups excluding tert-OH is 1. The van der Waals surface area contributed by atoms with Gasteiger partial charge in [-0.3, -0.25) is 0 Å². The second-order valence-corrected chi connectivity index (χ2v) is 5.16. The van der Waals surface area contributed by atoms with Gasteiger partial charge >= 0.3 is 0 Å². The summed E-state index contributed by atoms with van der Waals surface area (Å²) in [6, 6.07) is 9.29. The molecular formula is C14H13BrO3. The van der Waals surface area contributed by atoms with Crippen LogP contribution >= 0.6 is 15.9 Å². The van der Waals surface area contributed by atoms with E-state index in [1.165, 1.54) is 0 Å². The fourth-order valence-electron chi connectivity index (χ4n) is 1.79. The number of halogens is 1. The van der Waals surface area contributed by atoms with Crippen LogP contribution in [-0.4, -0.2) is 11.2 Å². The number of hydrogen-bond acceptors (Lipinski definition) is 3. The number of furan rings is 1. The van der Waals surface area contributed by atoms with Gasteiger partial charge in [0.25, 0.3) is 0 Å². The van der Waals surface area contributed by atoms with Crippen LogP contribution in [0.15, 0.2) is 45.7 Å². The average molecular weight is 309 g/mol. The van der Waals surface area contributed by atoms with Gasteiger partial charge in [-0.1, -0.05) is 12.1 Å². The van der Waals surface area contributed by atoms with E-state index in [0.717, 1.165) is 29.7 Å². The van der Waals surface area contributed by atoms with Gasteiger partial charge in [0.15, 0.2) is 4.67 Å². The molecule has 1 aromatic heterocycles. The van der Waals surface area contributed by atoms with Crippen molar-refractivity contribution in [3.63, 3.8) is 0 Å². The normalized spacial score (nSPS) is 16.6. The fraction of sp³-hybridized carbons (Fsp3) is 0.286. The summed E-state index contributed by atoms with van der Waals surface area (Å²) in [4.78, 5) is 0. The molecule has 4 heteroatoms. The minimum absolute atomic E-state index is 0.392. The largest absolute Gasteiger partial charge is 0.490 e. The summed E-state index contributed by atoms with van der Waals surface area (Å²) in [6.45, 7) is 0. The van der Waals surface area contributed by atoms with Gasteiger partial charge < -0.3 is 14.3 Å². The number of ether oxygens (including phenoxy) is 1. The van der Waals surface area contributed by atoms with E-state index in [-0.39, 0.29) is 0 Å². The molecule has 1 aliphatic carbocycles. The van der Waals surface area contributed by atoms with Crippen LogP contribution in [0.5, 0.6) is 5.75 Å². The highest BCUT2D eigenvalue weighted by molar-refractivity contribution is 9.10. The Kier molecular flexibility index (Phi) is 3.14. The summed E-state index contributed by atoms with van der Waals surface area (Å²) in [5.74, 6) is 0.861. The maximum atomic E-state index is 10.2. The first-order chi connectivity index (χ1) is 8.74. The van der Waals surface area contributed by atoms with Gasteiger partial charge in [-0.25, -0.2) is 0 Å². The van der Waals surface area contributed by atoms with Gasteiger partial charge in [-0.15, -0.1) is 0 Å². The lowest BCUT2D eigenvalue weighted by Gasteiger charge is -2.11. The van der Waals surface area contributed by atoms with Crippen molar-refractivity contribution < 1.29 is 14.3 Å². The number of benzene rings is 1. The minimum atomic E-state index is -0.687. The molecule has 1 unspecified atom stereocenters. The molecule has 1 atom stereocenters. The summed E-state index contributed by atoms with van der Waals surface area (Å²) in [7, 11) is 0. The van der Waals surface area contributed by atoms with Gasteiger partial charge in [0.05, 0.1) is 12.4 Å². The molecule has 0 aliphatic heterocycles. The Labute approximate surface area is 114 Å². The Bertz CT molecular complexity index is 528. The van der Waals surface area contributed by atoms with Crippen molar-refractivity contribution in [1.82, 2.24) is 0 Å². The maximum absolute atomic E-state index is 10.2. The standard InChI is InChI=1S/C14H13BrO3/c15-14-12(7-8-17-14)13(16)9-1-3-10(4-2-9)18-11-5-6-11/h1-4,7-8,11,13,16H,5-6H2. The summed E-state index contributed by atoms with van der Waals surface area (Å²) >= 11 is 3.27. The molecule has 1 aliphatic rings. The van der Waals surface area contributed by atoms with Crippen molar-refractivity contribution in [1.29, 1.82) is 0 Å². The Balaban J connectivity index is 1.77. The molecule has 0 saturated heterocycles. The second-order valence-electron chi connectivity index (χ2n) is 4.44. The molecule has 0 spiro atoms. The van der Waals surface area contributed by atoms with Crippen molar-refractivity contribution in [2.24, 2.45) is 0 Å². The van der Waals surface area contributed by atoms with E-state index in [2.05, 4.69) is 15.9 Å². The molecule has 1 fully saturated rings.